The molecule has 0 aromatic carbocycles. The first-order chi connectivity index (χ1) is 14.7. The molecule has 0 unspecified atom stereocenters. The highest BCUT2D eigenvalue weighted by atomic mass is 19.4. The highest BCUT2D eigenvalue weighted by molar-refractivity contribution is 5.92. The number of aromatic nitrogens is 2. The molecule has 31 heavy (non-hydrogen) atoms. The number of halogens is 3. The van der Waals surface area contributed by atoms with Crippen molar-refractivity contribution in [1.82, 2.24) is 14.9 Å². The predicted octanol–water partition coefficient (Wildman–Crippen LogP) is 2.11. The second-order valence-corrected chi connectivity index (χ2v) is 7.55. The van der Waals surface area contributed by atoms with Crippen molar-refractivity contribution in [2.45, 2.75) is 25.6 Å². The molecule has 1 amide bonds. The number of fused-ring (bicyclic) bond motifs is 1. The van der Waals surface area contributed by atoms with Crippen LogP contribution in [0.2, 0.25) is 0 Å². The number of nitrogens with one attached hydrogen (secondary N) is 1. The van der Waals surface area contributed by atoms with E-state index in [1.165, 1.54) is 12.3 Å². The van der Waals surface area contributed by atoms with Gasteiger partial charge in [-0.2, -0.15) is 13.2 Å². The van der Waals surface area contributed by atoms with E-state index >= 15 is 0 Å². The number of nitrogens with zero attached hydrogens (tertiary/aromatic N) is 4. The average Bonchev–Trinajstić information content (AvgIpc) is 3.07. The lowest BCUT2D eigenvalue weighted by Gasteiger charge is -2.40. The third kappa shape index (κ3) is 4.76. The normalized spacial score (nSPS) is 19.2. The molecule has 0 spiro atoms. The van der Waals surface area contributed by atoms with Crippen LogP contribution in [-0.4, -0.2) is 59.0 Å². The van der Waals surface area contributed by atoms with Crippen LogP contribution in [0.25, 0.3) is 0 Å². The summed E-state index contributed by atoms with van der Waals surface area (Å²) in [6, 6.07) is 3.93. The molecule has 1 saturated heterocycles. The quantitative estimate of drug-likeness (QED) is 0.736. The standard InChI is InChI=1S/C20H20F3N5O3/c1-12-10-27(4-5-28(12)17-3-2-13(8-25-17)20(21,22)23)11-18(29)26-14-6-16-15(24-9-14)7-19(30)31-16/h2-3,6,8-9,12H,4-5,7,10-11H2,1H3,(H,26,29)/t12-/m1/s1. The Hall–Kier alpha value is -3.21. The van der Waals surface area contributed by atoms with Crippen LogP contribution in [0.5, 0.6) is 5.75 Å². The van der Waals surface area contributed by atoms with Gasteiger partial charge in [0.1, 0.15) is 5.82 Å². The topological polar surface area (TPSA) is 87.7 Å². The molecule has 1 N–H and O–H groups in total. The number of pyridine rings is 2. The third-order valence-electron chi connectivity index (χ3n) is 5.20. The molecule has 2 aromatic heterocycles. The van der Waals surface area contributed by atoms with Crippen LogP contribution in [0.3, 0.4) is 0 Å². The van der Waals surface area contributed by atoms with Crippen molar-refractivity contribution in [2.75, 3.05) is 36.4 Å². The zero-order chi connectivity index (χ0) is 22.2. The Bertz CT molecular complexity index is 997. The zero-order valence-electron chi connectivity index (χ0n) is 16.6. The summed E-state index contributed by atoms with van der Waals surface area (Å²) in [6.07, 6.45) is -1.97. The molecule has 8 nitrogen and oxygen atoms in total. The highest BCUT2D eigenvalue weighted by Gasteiger charge is 2.32. The summed E-state index contributed by atoms with van der Waals surface area (Å²) in [4.78, 5) is 35.7. The van der Waals surface area contributed by atoms with Gasteiger partial charge in [0.25, 0.3) is 0 Å². The van der Waals surface area contributed by atoms with Crippen LogP contribution < -0.4 is 15.0 Å². The summed E-state index contributed by atoms with van der Waals surface area (Å²) < 4.78 is 43.2. The Morgan fingerprint density at radius 1 is 1.26 bits per heavy atom. The van der Waals surface area contributed by atoms with Crippen LogP contribution >= 0.6 is 0 Å². The van der Waals surface area contributed by atoms with Crippen LogP contribution in [-0.2, 0) is 22.2 Å². The van der Waals surface area contributed by atoms with Gasteiger partial charge in [0.15, 0.2) is 5.75 Å². The Morgan fingerprint density at radius 2 is 2.06 bits per heavy atom. The number of hydrogen-bond donors (Lipinski definition) is 1. The van der Waals surface area contributed by atoms with Crippen LogP contribution in [0, 0.1) is 0 Å². The van der Waals surface area contributed by atoms with E-state index in [9.17, 15) is 22.8 Å². The highest BCUT2D eigenvalue weighted by Crippen LogP contribution is 2.30. The fraction of sp³-hybridized carbons (Fsp3) is 0.400. The van der Waals surface area contributed by atoms with E-state index in [0.717, 1.165) is 12.3 Å². The summed E-state index contributed by atoms with van der Waals surface area (Å²) in [5.41, 5.74) is 0.207. The lowest BCUT2D eigenvalue weighted by atomic mass is 10.1. The first kappa shape index (κ1) is 21.0. The Balaban J connectivity index is 1.31. The number of anilines is 2. The summed E-state index contributed by atoms with van der Waals surface area (Å²) >= 11 is 0. The molecular formula is C20H20F3N5O3. The van der Waals surface area contributed by atoms with E-state index < -0.39 is 11.7 Å². The molecule has 4 heterocycles. The van der Waals surface area contributed by atoms with E-state index in [0.29, 0.717) is 42.6 Å². The van der Waals surface area contributed by atoms with Crippen molar-refractivity contribution in [2.24, 2.45) is 0 Å². The van der Waals surface area contributed by atoms with Gasteiger partial charge in [-0.25, -0.2) is 4.98 Å². The predicted molar refractivity (Wildman–Crippen MR) is 105 cm³/mol. The molecule has 2 aromatic rings. The van der Waals surface area contributed by atoms with Crippen molar-refractivity contribution in [3.63, 3.8) is 0 Å². The molecule has 0 bridgehead atoms. The van der Waals surface area contributed by atoms with Gasteiger partial charge in [0.05, 0.1) is 36.1 Å². The summed E-state index contributed by atoms with van der Waals surface area (Å²) in [5.74, 6) is 0.220. The van der Waals surface area contributed by atoms with Gasteiger partial charge in [-0.15, -0.1) is 0 Å². The van der Waals surface area contributed by atoms with Crippen molar-refractivity contribution in [3.8, 4) is 5.75 Å². The minimum absolute atomic E-state index is 0.0353. The molecule has 2 aliphatic heterocycles. The largest absolute Gasteiger partial charge is 0.424 e. The van der Waals surface area contributed by atoms with Crippen LogP contribution in [0.15, 0.2) is 30.6 Å². The second-order valence-electron chi connectivity index (χ2n) is 7.55. The third-order valence-corrected chi connectivity index (χ3v) is 5.20. The van der Waals surface area contributed by atoms with Gasteiger partial charge in [-0.3, -0.25) is 19.5 Å². The van der Waals surface area contributed by atoms with E-state index in [-0.39, 0.29) is 30.9 Å². The summed E-state index contributed by atoms with van der Waals surface area (Å²) in [5, 5.41) is 2.74. The first-order valence-electron chi connectivity index (χ1n) is 9.71. The molecule has 1 fully saturated rings. The minimum Gasteiger partial charge on any atom is -0.424 e. The smallest absolute Gasteiger partial charge is 0.417 e. The fourth-order valence-corrected chi connectivity index (χ4v) is 3.70. The molecule has 2 aliphatic rings. The van der Waals surface area contributed by atoms with Gasteiger partial charge in [-0.1, -0.05) is 0 Å². The Labute approximate surface area is 176 Å². The number of hydrogen-bond acceptors (Lipinski definition) is 7. The Morgan fingerprint density at radius 3 is 2.74 bits per heavy atom. The molecule has 164 valence electrons. The van der Waals surface area contributed by atoms with Crippen molar-refractivity contribution in [1.29, 1.82) is 0 Å². The molecule has 0 radical (unpaired) electrons. The maximum absolute atomic E-state index is 12.7. The molecular weight excluding hydrogens is 415 g/mol. The van der Waals surface area contributed by atoms with E-state index in [1.54, 1.807) is 6.07 Å². The van der Waals surface area contributed by atoms with Gasteiger partial charge in [-0.05, 0) is 19.1 Å². The van der Waals surface area contributed by atoms with Gasteiger partial charge in [0, 0.05) is 37.9 Å². The van der Waals surface area contributed by atoms with Crippen molar-refractivity contribution >= 4 is 23.4 Å². The first-order valence-corrected chi connectivity index (χ1v) is 9.71. The van der Waals surface area contributed by atoms with E-state index in [1.807, 2.05) is 16.7 Å². The van der Waals surface area contributed by atoms with Crippen molar-refractivity contribution in [3.05, 3.63) is 41.9 Å². The van der Waals surface area contributed by atoms with Gasteiger partial charge >= 0.3 is 12.1 Å². The molecule has 4 rings (SSSR count). The van der Waals surface area contributed by atoms with E-state index in [2.05, 4.69) is 15.3 Å². The van der Waals surface area contributed by atoms with Crippen LogP contribution in [0.4, 0.5) is 24.7 Å². The van der Waals surface area contributed by atoms with Crippen molar-refractivity contribution < 1.29 is 27.5 Å². The molecule has 11 heteroatoms. The molecule has 1 atom stereocenters. The summed E-state index contributed by atoms with van der Waals surface area (Å²) in [6.45, 7) is 3.72. The number of carbonyl (C=O) groups excluding carboxylic acids is 2. The number of amides is 1. The monoisotopic (exact) mass is 435 g/mol. The average molecular weight is 435 g/mol. The number of ether oxygens (including phenoxy) is 1. The second kappa shape index (κ2) is 8.14. The fourth-order valence-electron chi connectivity index (χ4n) is 3.70. The zero-order valence-corrected chi connectivity index (χ0v) is 16.6. The maximum atomic E-state index is 12.7. The Kier molecular flexibility index (Phi) is 5.52. The van der Waals surface area contributed by atoms with Gasteiger partial charge in [0.2, 0.25) is 5.91 Å². The van der Waals surface area contributed by atoms with E-state index in [4.69, 9.17) is 4.74 Å². The number of rotatable bonds is 4. The molecule has 0 saturated carbocycles. The lowest BCUT2D eigenvalue weighted by Crippen LogP contribution is -2.53. The van der Waals surface area contributed by atoms with Gasteiger partial charge < -0.3 is 15.0 Å². The number of esters is 1. The number of piperazine rings is 1. The summed E-state index contributed by atoms with van der Waals surface area (Å²) in [7, 11) is 0. The number of carbonyl (C=O) groups is 2. The molecule has 0 aliphatic carbocycles. The number of alkyl halides is 3. The SMILES string of the molecule is C[C@@H]1CN(CC(=O)Nc2cnc3c(c2)OC(=O)C3)CCN1c1ccc(C(F)(F)F)cn1. The maximum Gasteiger partial charge on any atom is 0.417 e. The lowest BCUT2D eigenvalue weighted by molar-refractivity contribution is -0.138. The van der Waals surface area contributed by atoms with Crippen LogP contribution in [0.1, 0.15) is 18.2 Å². The minimum atomic E-state index is -4.42.